The maximum Gasteiger partial charge on any atom is 0.472 e. The number of phosphoric acid groups is 2. The fourth-order valence-electron chi connectivity index (χ4n) is 10.0. The van der Waals surface area contributed by atoms with E-state index in [1.165, 1.54) is 70.6 Å². The van der Waals surface area contributed by atoms with Gasteiger partial charge in [0.1, 0.15) is 19.3 Å². The molecule has 5 atom stereocenters. The monoisotopic (exact) mass is 1390 g/mol. The molecule has 0 aliphatic carbocycles. The molecule has 17 nitrogen and oxygen atoms in total. The number of aliphatic hydroxyl groups excluding tert-OH is 1. The fourth-order valence-corrected chi connectivity index (χ4v) is 11.6. The van der Waals surface area contributed by atoms with Gasteiger partial charge in [-0.25, -0.2) is 9.13 Å². The Balaban J connectivity index is 5.34. The van der Waals surface area contributed by atoms with Gasteiger partial charge in [0, 0.05) is 25.7 Å². The van der Waals surface area contributed by atoms with Gasteiger partial charge < -0.3 is 33.8 Å². The first kappa shape index (κ1) is 92.2. The van der Waals surface area contributed by atoms with Gasteiger partial charge >= 0.3 is 39.5 Å². The predicted molar refractivity (Wildman–Crippen MR) is 390 cm³/mol. The zero-order valence-electron chi connectivity index (χ0n) is 60.5. The van der Waals surface area contributed by atoms with Crippen LogP contribution in [0.2, 0.25) is 0 Å². The molecule has 3 N–H and O–H groups in total. The third-order valence-electron chi connectivity index (χ3n) is 15.8. The number of carbonyl (C=O) groups excluding carboxylic acids is 4. The predicted octanol–water partition coefficient (Wildman–Crippen LogP) is 21.4. The first-order chi connectivity index (χ1) is 46.7. The maximum atomic E-state index is 13.1. The topological polar surface area (TPSA) is 237 Å². The number of unbranched alkanes of at least 4 members (excludes halogenated alkanes) is 31. The highest BCUT2D eigenvalue weighted by molar-refractivity contribution is 7.47. The van der Waals surface area contributed by atoms with E-state index in [1.54, 1.807) is 0 Å². The molecule has 0 amide bonds. The highest BCUT2D eigenvalue weighted by Crippen LogP contribution is 2.45. The van der Waals surface area contributed by atoms with Crippen LogP contribution in [0.15, 0.2) is 85.1 Å². The van der Waals surface area contributed by atoms with Crippen LogP contribution in [0.1, 0.15) is 323 Å². The summed E-state index contributed by atoms with van der Waals surface area (Å²) in [6.45, 7) is 4.66. The first-order valence-corrected chi connectivity index (χ1v) is 40.8. The number of hydrogen-bond donors (Lipinski definition) is 3. The second-order valence-electron chi connectivity index (χ2n) is 25.2. The van der Waals surface area contributed by atoms with Crippen molar-refractivity contribution in [1.82, 2.24) is 0 Å². The van der Waals surface area contributed by atoms with Crippen LogP contribution in [0, 0.1) is 0 Å². The van der Waals surface area contributed by atoms with E-state index < -0.39 is 97.5 Å². The highest BCUT2D eigenvalue weighted by atomic mass is 31.2. The third-order valence-corrected chi connectivity index (χ3v) is 17.7. The van der Waals surface area contributed by atoms with E-state index in [2.05, 4.69) is 113 Å². The summed E-state index contributed by atoms with van der Waals surface area (Å²) in [6, 6.07) is 0. The van der Waals surface area contributed by atoms with Crippen LogP contribution < -0.4 is 0 Å². The summed E-state index contributed by atoms with van der Waals surface area (Å²) in [5, 5.41) is 10.6. The van der Waals surface area contributed by atoms with Crippen LogP contribution in [-0.2, 0) is 65.4 Å². The molecule has 0 aromatic heterocycles. The summed E-state index contributed by atoms with van der Waals surface area (Å²) in [5.74, 6) is -2.21. The lowest BCUT2D eigenvalue weighted by molar-refractivity contribution is -0.161. The van der Waals surface area contributed by atoms with E-state index in [-0.39, 0.29) is 25.7 Å². The van der Waals surface area contributed by atoms with Crippen molar-refractivity contribution in [1.29, 1.82) is 0 Å². The molecule has 0 aromatic rings. The second kappa shape index (κ2) is 69.7. The highest BCUT2D eigenvalue weighted by Gasteiger charge is 2.30. The van der Waals surface area contributed by atoms with E-state index in [0.29, 0.717) is 25.7 Å². The Bertz CT molecular complexity index is 2160. The van der Waals surface area contributed by atoms with Crippen LogP contribution >= 0.6 is 15.6 Å². The van der Waals surface area contributed by atoms with Gasteiger partial charge in [-0.3, -0.25) is 37.3 Å². The van der Waals surface area contributed by atoms with Crippen LogP contribution in [0.5, 0.6) is 0 Å². The summed E-state index contributed by atoms with van der Waals surface area (Å²) >= 11 is 0. The van der Waals surface area contributed by atoms with Crippen molar-refractivity contribution >= 4 is 39.5 Å². The fraction of sp³-hybridized carbons (Fsp3) is 0.766. The molecule has 19 heteroatoms. The van der Waals surface area contributed by atoms with Crippen molar-refractivity contribution in [2.45, 2.75) is 341 Å². The number of aliphatic hydroxyl groups is 1. The molecule has 0 radical (unpaired) electrons. The van der Waals surface area contributed by atoms with Crippen LogP contribution in [0.25, 0.3) is 0 Å². The van der Waals surface area contributed by atoms with Gasteiger partial charge in [-0.15, -0.1) is 0 Å². The minimum Gasteiger partial charge on any atom is -0.462 e. The van der Waals surface area contributed by atoms with Crippen molar-refractivity contribution in [3.05, 3.63) is 85.1 Å². The average molecular weight is 1400 g/mol. The number of allylic oxidation sites excluding steroid dienone is 14. The molecule has 0 fully saturated rings. The van der Waals surface area contributed by atoms with Crippen molar-refractivity contribution < 1.29 is 80.2 Å². The van der Waals surface area contributed by atoms with Gasteiger partial charge in [0.05, 0.1) is 26.4 Å². The molecule has 5 unspecified atom stereocenters. The van der Waals surface area contributed by atoms with Gasteiger partial charge in [-0.05, 0) is 135 Å². The van der Waals surface area contributed by atoms with Crippen LogP contribution in [0.4, 0.5) is 0 Å². The van der Waals surface area contributed by atoms with E-state index >= 15 is 0 Å². The number of ether oxygens (including phenoxy) is 4. The van der Waals surface area contributed by atoms with E-state index in [9.17, 15) is 43.2 Å². The molecular weight excluding hydrogens is 1260 g/mol. The van der Waals surface area contributed by atoms with Gasteiger partial charge in [-0.2, -0.15) is 0 Å². The Morgan fingerprint density at radius 2 is 0.552 bits per heavy atom. The number of carbonyl (C=O) groups is 4. The Kier molecular flexibility index (Phi) is 67.0. The van der Waals surface area contributed by atoms with Gasteiger partial charge in [0.15, 0.2) is 12.2 Å². The standard InChI is InChI=1S/C77H136O17P2/c1-5-9-13-17-21-25-29-32-35-38-42-45-49-53-57-61-74(79)87-67-72(93-76(81)63-59-55-51-47-41-28-24-20-16-12-8-4)69-91-95(83,84)89-65-71(78)66-90-96(85,86)92-70-73(94-77(82)64-60-56-52-48-44-40-37-34-31-27-23-19-15-11-7-3)68-88-75(80)62-58-54-50-46-43-39-36-33-30-26-22-18-14-10-6-2/h9,13,20-22,24-26,32-37,71-73,78H,5-8,10-12,14-19,23,27-31,38-70H2,1-4H3,(H,83,84)(H,85,86)/b13-9-,24-20-,25-21-,26-22-,35-32-,36-33-,37-34-. The number of rotatable bonds is 71. The van der Waals surface area contributed by atoms with Crippen molar-refractivity contribution in [2.24, 2.45) is 0 Å². The summed E-state index contributed by atoms with van der Waals surface area (Å²) in [4.78, 5) is 72.8. The zero-order chi connectivity index (χ0) is 70.4. The van der Waals surface area contributed by atoms with Gasteiger partial charge in [-0.1, -0.05) is 248 Å². The van der Waals surface area contributed by atoms with E-state index in [1.807, 2.05) is 0 Å². The molecule has 96 heavy (non-hydrogen) atoms. The van der Waals surface area contributed by atoms with Crippen LogP contribution in [0.3, 0.4) is 0 Å². The molecule has 0 saturated heterocycles. The number of esters is 4. The zero-order valence-corrected chi connectivity index (χ0v) is 62.3. The summed E-state index contributed by atoms with van der Waals surface area (Å²) < 4.78 is 68.4. The molecule has 0 spiro atoms. The Morgan fingerprint density at radius 1 is 0.302 bits per heavy atom. The van der Waals surface area contributed by atoms with Crippen molar-refractivity contribution in [2.75, 3.05) is 39.6 Å². The Hall–Kier alpha value is -3.76. The molecule has 0 rings (SSSR count). The molecule has 556 valence electrons. The minimum absolute atomic E-state index is 0.0810. The van der Waals surface area contributed by atoms with Crippen LogP contribution in [-0.4, -0.2) is 96.7 Å². The summed E-state index contributed by atoms with van der Waals surface area (Å²) in [6.07, 6.45) is 70.0. The maximum absolute atomic E-state index is 13.1. The normalized spacial score (nSPS) is 14.4. The smallest absolute Gasteiger partial charge is 0.462 e. The number of hydrogen-bond acceptors (Lipinski definition) is 15. The van der Waals surface area contributed by atoms with E-state index in [4.69, 9.17) is 37.0 Å². The van der Waals surface area contributed by atoms with E-state index in [0.717, 1.165) is 173 Å². The van der Waals surface area contributed by atoms with Gasteiger partial charge in [0.2, 0.25) is 0 Å². The molecule has 0 aliphatic rings. The minimum atomic E-state index is -4.98. The quantitative estimate of drug-likeness (QED) is 0.0169. The first-order valence-electron chi connectivity index (χ1n) is 37.8. The molecule has 0 aromatic carbocycles. The Morgan fingerprint density at radius 3 is 0.896 bits per heavy atom. The summed E-state index contributed by atoms with van der Waals surface area (Å²) in [7, 11) is -9.95. The largest absolute Gasteiger partial charge is 0.472 e. The second-order valence-corrected chi connectivity index (χ2v) is 28.1. The Labute approximate surface area is 583 Å². The number of phosphoric ester groups is 2. The molecule has 0 heterocycles. The molecule has 0 saturated carbocycles. The SMILES string of the molecule is CC/C=C\C/C=C\C/C=C\CCCCCCCC(=O)OCC(COP(=O)(O)OCC(O)COP(=O)(O)OCC(COC(=O)CCCCCCC/C=C\C/C=C\CCCCC)OC(=O)CCCCCCC/C=C\CCCCCCCC)OC(=O)CCCCCCC/C=C\CCCC. The average Bonchev–Trinajstić information content (AvgIpc) is 1.11. The molecular formula is C77H136O17P2. The summed E-state index contributed by atoms with van der Waals surface area (Å²) in [5.41, 5.74) is 0. The third kappa shape index (κ3) is 68.8. The van der Waals surface area contributed by atoms with Gasteiger partial charge in [0.25, 0.3) is 0 Å². The lowest BCUT2D eigenvalue weighted by atomic mass is 10.1. The lowest BCUT2D eigenvalue weighted by Crippen LogP contribution is -2.30. The lowest BCUT2D eigenvalue weighted by Gasteiger charge is -2.21. The van der Waals surface area contributed by atoms with Crippen molar-refractivity contribution in [3.8, 4) is 0 Å². The van der Waals surface area contributed by atoms with Crippen molar-refractivity contribution in [3.63, 3.8) is 0 Å². The molecule has 0 bridgehead atoms. The molecule has 0 aliphatic heterocycles.